The van der Waals surface area contributed by atoms with Gasteiger partial charge in [0.25, 0.3) is 0 Å². The van der Waals surface area contributed by atoms with Crippen LogP contribution in [0.1, 0.15) is 32.1 Å². The molecule has 0 aliphatic carbocycles. The average Bonchev–Trinajstić information content (AvgIpc) is 2.96. The molecule has 1 aromatic carbocycles. The van der Waals surface area contributed by atoms with Gasteiger partial charge in [-0.2, -0.15) is 13.2 Å². The molecule has 0 unspecified atom stereocenters. The summed E-state index contributed by atoms with van der Waals surface area (Å²) in [7, 11) is 2.27. The highest BCUT2D eigenvalue weighted by Gasteiger charge is 2.30. The molecule has 0 amide bonds. The molecule has 0 aliphatic heterocycles. The molecule has 0 N–H and O–H groups in total. The monoisotopic (exact) mass is 342 g/mol. The van der Waals surface area contributed by atoms with Crippen LogP contribution in [0.3, 0.4) is 0 Å². The van der Waals surface area contributed by atoms with E-state index < -0.39 is 23.7 Å². The highest BCUT2D eigenvalue weighted by Crippen LogP contribution is 2.29. The normalized spacial score (nSPS) is 11.2. The molecule has 128 valence electrons. The summed E-state index contributed by atoms with van der Waals surface area (Å²) in [6, 6.07) is 4.43. The van der Waals surface area contributed by atoms with Crippen molar-refractivity contribution in [2.75, 3.05) is 14.2 Å². The van der Waals surface area contributed by atoms with Crippen LogP contribution >= 0.6 is 0 Å². The van der Waals surface area contributed by atoms with Gasteiger partial charge in [-0.15, -0.1) is 0 Å². The minimum Gasteiger partial charge on any atom is -0.464 e. The fourth-order valence-electron chi connectivity index (χ4n) is 2.05. The van der Waals surface area contributed by atoms with Gasteiger partial charge >= 0.3 is 18.1 Å². The number of benzene rings is 1. The van der Waals surface area contributed by atoms with Crippen LogP contribution in [0.4, 0.5) is 13.2 Å². The zero-order valence-corrected chi connectivity index (χ0v) is 12.8. The molecule has 6 nitrogen and oxygen atoms in total. The van der Waals surface area contributed by atoms with Crippen LogP contribution < -0.4 is 0 Å². The zero-order chi connectivity index (χ0) is 17.9. The lowest BCUT2D eigenvalue weighted by molar-refractivity contribution is -0.137. The Hall–Kier alpha value is -2.84. The van der Waals surface area contributed by atoms with Crippen LogP contribution in [0.15, 0.2) is 30.6 Å². The van der Waals surface area contributed by atoms with Gasteiger partial charge in [0.15, 0.2) is 11.4 Å². The van der Waals surface area contributed by atoms with E-state index in [-0.39, 0.29) is 17.9 Å². The quantitative estimate of drug-likeness (QED) is 0.799. The Labute approximate surface area is 134 Å². The largest absolute Gasteiger partial charge is 0.464 e. The number of nitrogens with zero attached hydrogens (tertiary/aromatic N) is 2. The molecule has 0 aliphatic rings. The Morgan fingerprint density at radius 1 is 1.08 bits per heavy atom. The van der Waals surface area contributed by atoms with Crippen LogP contribution in [0.25, 0.3) is 0 Å². The van der Waals surface area contributed by atoms with Crippen LogP contribution in [0.5, 0.6) is 0 Å². The van der Waals surface area contributed by atoms with Crippen LogP contribution in [0.2, 0.25) is 0 Å². The first-order valence-electron chi connectivity index (χ1n) is 6.65. The number of methoxy groups -OCH3 is 2. The number of hydrogen-bond acceptors (Lipinski definition) is 5. The molecule has 0 bridgehead atoms. The van der Waals surface area contributed by atoms with Crippen LogP contribution in [0, 0.1) is 0 Å². The fraction of sp³-hybridized carbons (Fsp3) is 0.267. The Bertz CT molecular complexity index is 751. The van der Waals surface area contributed by atoms with Gasteiger partial charge in [-0.3, -0.25) is 0 Å². The van der Waals surface area contributed by atoms with E-state index in [1.807, 2.05) is 0 Å². The lowest BCUT2D eigenvalue weighted by Gasteiger charge is -2.10. The van der Waals surface area contributed by atoms with Crippen LogP contribution in [-0.4, -0.2) is 35.7 Å². The van der Waals surface area contributed by atoms with E-state index >= 15 is 0 Å². The summed E-state index contributed by atoms with van der Waals surface area (Å²) >= 11 is 0. The first-order chi connectivity index (χ1) is 11.3. The number of carbonyl (C=O) groups is 2. The molecule has 24 heavy (non-hydrogen) atoms. The van der Waals surface area contributed by atoms with E-state index in [2.05, 4.69) is 14.5 Å². The standard InChI is InChI=1S/C15H13F3N2O4/c1-23-13(21)11-12(14(22)24-2)20(8-19-11)7-9-3-5-10(6-4-9)15(16,17)18/h3-6,8H,7H2,1-2H3. The summed E-state index contributed by atoms with van der Waals surface area (Å²) in [4.78, 5) is 27.3. The first kappa shape index (κ1) is 17.5. The van der Waals surface area contributed by atoms with Gasteiger partial charge in [-0.1, -0.05) is 12.1 Å². The molecule has 0 radical (unpaired) electrons. The zero-order valence-electron chi connectivity index (χ0n) is 12.8. The van der Waals surface area contributed by atoms with Crippen molar-refractivity contribution >= 4 is 11.9 Å². The highest BCUT2D eigenvalue weighted by molar-refractivity contribution is 6.00. The van der Waals surface area contributed by atoms with Crippen molar-refractivity contribution in [2.45, 2.75) is 12.7 Å². The third-order valence-corrected chi connectivity index (χ3v) is 3.23. The van der Waals surface area contributed by atoms with Gasteiger partial charge in [0.1, 0.15) is 0 Å². The third kappa shape index (κ3) is 3.55. The number of hydrogen-bond donors (Lipinski definition) is 0. The molecular formula is C15H13F3N2O4. The lowest BCUT2D eigenvalue weighted by atomic mass is 10.1. The summed E-state index contributed by atoms with van der Waals surface area (Å²) in [6.45, 7) is 0.0343. The van der Waals surface area contributed by atoms with Crippen molar-refractivity contribution in [1.82, 2.24) is 9.55 Å². The SMILES string of the molecule is COC(=O)c1ncn(Cc2ccc(C(F)(F)F)cc2)c1C(=O)OC. The number of carbonyl (C=O) groups excluding carboxylic acids is 2. The Balaban J connectivity index is 2.34. The second kappa shape index (κ2) is 6.73. The number of imidazole rings is 1. The molecule has 2 rings (SSSR count). The van der Waals surface area contributed by atoms with Crippen molar-refractivity contribution in [3.05, 3.63) is 53.1 Å². The second-order valence-corrected chi connectivity index (χ2v) is 4.75. The molecule has 9 heteroatoms. The topological polar surface area (TPSA) is 70.4 Å². The van der Waals surface area contributed by atoms with E-state index in [1.165, 1.54) is 23.0 Å². The third-order valence-electron chi connectivity index (χ3n) is 3.23. The van der Waals surface area contributed by atoms with Crippen molar-refractivity contribution in [3.63, 3.8) is 0 Å². The average molecular weight is 342 g/mol. The van der Waals surface area contributed by atoms with Gasteiger partial charge in [0, 0.05) is 6.54 Å². The summed E-state index contributed by atoms with van der Waals surface area (Å²) < 4.78 is 48.2. The molecule has 0 saturated heterocycles. The van der Waals surface area contributed by atoms with Crippen LogP contribution in [-0.2, 0) is 22.2 Å². The van der Waals surface area contributed by atoms with Crippen molar-refractivity contribution in [2.24, 2.45) is 0 Å². The van der Waals surface area contributed by atoms with Crippen molar-refractivity contribution in [1.29, 1.82) is 0 Å². The number of ether oxygens (including phenoxy) is 2. The van der Waals surface area contributed by atoms with Crippen molar-refractivity contribution in [3.8, 4) is 0 Å². The maximum atomic E-state index is 12.6. The lowest BCUT2D eigenvalue weighted by Crippen LogP contribution is -2.16. The predicted molar refractivity (Wildman–Crippen MR) is 75.5 cm³/mol. The van der Waals surface area contributed by atoms with Crippen molar-refractivity contribution < 1.29 is 32.2 Å². The number of aromatic nitrogens is 2. The minimum atomic E-state index is -4.43. The van der Waals surface area contributed by atoms with E-state index in [1.54, 1.807) is 0 Å². The number of alkyl halides is 3. The summed E-state index contributed by atoms with van der Waals surface area (Å²) in [6.07, 6.45) is -3.21. The molecule has 0 fully saturated rings. The number of rotatable bonds is 4. The smallest absolute Gasteiger partial charge is 0.416 e. The van der Waals surface area contributed by atoms with Gasteiger partial charge in [-0.25, -0.2) is 14.6 Å². The summed E-state index contributed by atoms with van der Waals surface area (Å²) in [5, 5.41) is 0. The van der Waals surface area contributed by atoms with Gasteiger partial charge < -0.3 is 14.0 Å². The number of esters is 2. The summed E-state index contributed by atoms with van der Waals surface area (Å²) in [5.74, 6) is -1.62. The van der Waals surface area contributed by atoms with Gasteiger partial charge in [0.05, 0.1) is 26.1 Å². The predicted octanol–water partition coefficient (Wildman–Crippen LogP) is 2.52. The maximum Gasteiger partial charge on any atom is 0.416 e. The number of halogens is 3. The Morgan fingerprint density at radius 3 is 2.17 bits per heavy atom. The van der Waals surface area contributed by atoms with E-state index in [9.17, 15) is 22.8 Å². The maximum absolute atomic E-state index is 12.6. The Kier molecular flexibility index (Phi) is 4.91. The van der Waals surface area contributed by atoms with E-state index in [4.69, 9.17) is 0 Å². The highest BCUT2D eigenvalue weighted by atomic mass is 19.4. The minimum absolute atomic E-state index is 0.0343. The van der Waals surface area contributed by atoms with E-state index in [0.29, 0.717) is 5.56 Å². The molecule has 0 saturated carbocycles. The first-order valence-corrected chi connectivity index (χ1v) is 6.65. The molecule has 0 atom stereocenters. The summed E-state index contributed by atoms with van der Waals surface area (Å²) in [5.41, 5.74) is -0.650. The molecule has 0 spiro atoms. The van der Waals surface area contributed by atoms with Gasteiger partial charge in [-0.05, 0) is 17.7 Å². The molecule has 1 heterocycles. The molecular weight excluding hydrogens is 329 g/mol. The molecule has 2 aromatic rings. The fourth-order valence-corrected chi connectivity index (χ4v) is 2.05. The molecule has 1 aromatic heterocycles. The second-order valence-electron chi connectivity index (χ2n) is 4.75. The van der Waals surface area contributed by atoms with Gasteiger partial charge in [0.2, 0.25) is 0 Å². The Morgan fingerprint density at radius 2 is 1.67 bits per heavy atom. The van der Waals surface area contributed by atoms with E-state index in [0.717, 1.165) is 26.4 Å².